The smallest absolute Gasteiger partial charge is 0.242 e. The third-order valence-electron chi connectivity index (χ3n) is 4.28. The molecule has 23 heavy (non-hydrogen) atoms. The van der Waals surface area contributed by atoms with Crippen molar-refractivity contribution < 1.29 is 9.53 Å². The summed E-state index contributed by atoms with van der Waals surface area (Å²) in [6, 6.07) is 3.63. The molecule has 1 aromatic heterocycles. The lowest BCUT2D eigenvalue weighted by atomic mass is 10.1. The standard InChI is InChI=1S/C16H25ClN4O2/c1-12-11-21(7-6-20(12)8-9-23-3)13(2)16(22)19-15-5-4-14(17)10-18-15/h4-5,10,12-13H,6-9,11H2,1-3H3,(H,18,19,22)/t12-,13-/m0/s1. The normalized spacial score (nSPS) is 21.1. The maximum Gasteiger partial charge on any atom is 0.242 e. The third kappa shape index (κ3) is 5.14. The Hall–Kier alpha value is -1.21. The highest BCUT2D eigenvalue weighted by atomic mass is 35.5. The van der Waals surface area contributed by atoms with Crippen LogP contribution in [0.15, 0.2) is 18.3 Å². The number of amides is 1. The number of halogens is 1. The molecule has 6 nitrogen and oxygen atoms in total. The lowest BCUT2D eigenvalue weighted by molar-refractivity contribution is -0.121. The van der Waals surface area contributed by atoms with Gasteiger partial charge in [0, 0.05) is 45.5 Å². The Morgan fingerprint density at radius 3 is 2.91 bits per heavy atom. The van der Waals surface area contributed by atoms with Crippen LogP contribution in [0.4, 0.5) is 5.82 Å². The molecule has 2 atom stereocenters. The number of nitrogens with one attached hydrogen (secondary N) is 1. The number of aromatic nitrogens is 1. The second-order valence-corrected chi connectivity index (χ2v) is 6.34. The van der Waals surface area contributed by atoms with E-state index < -0.39 is 0 Å². The molecule has 1 amide bonds. The van der Waals surface area contributed by atoms with Gasteiger partial charge in [0.2, 0.25) is 5.91 Å². The van der Waals surface area contributed by atoms with Gasteiger partial charge in [0.25, 0.3) is 0 Å². The second-order valence-electron chi connectivity index (χ2n) is 5.90. The molecule has 0 radical (unpaired) electrons. The van der Waals surface area contributed by atoms with Crippen molar-refractivity contribution >= 4 is 23.3 Å². The van der Waals surface area contributed by atoms with Crippen molar-refractivity contribution in [2.75, 3.05) is 45.2 Å². The van der Waals surface area contributed by atoms with Crippen molar-refractivity contribution in [3.05, 3.63) is 23.4 Å². The van der Waals surface area contributed by atoms with E-state index in [1.54, 1.807) is 19.2 Å². The van der Waals surface area contributed by atoms with E-state index in [-0.39, 0.29) is 11.9 Å². The Labute approximate surface area is 142 Å². The van der Waals surface area contributed by atoms with E-state index in [0.717, 1.165) is 32.8 Å². The van der Waals surface area contributed by atoms with Gasteiger partial charge in [-0.25, -0.2) is 4.98 Å². The first kappa shape index (κ1) is 18.1. The van der Waals surface area contributed by atoms with E-state index in [4.69, 9.17) is 16.3 Å². The van der Waals surface area contributed by atoms with Crippen LogP contribution in [0.5, 0.6) is 0 Å². The first-order chi connectivity index (χ1) is 11.0. The van der Waals surface area contributed by atoms with E-state index >= 15 is 0 Å². The monoisotopic (exact) mass is 340 g/mol. The molecule has 0 spiro atoms. The van der Waals surface area contributed by atoms with Crippen molar-refractivity contribution in [1.82, 2.24) is 14.8 Å². The van der Waals surface area contributed by atoms with Crippen molar-refractivity contribution in [2.45, 2.75) is 25.9 Å². The van der Waals surface area contributed by atoms with Crippen molar-refractivity contribution in [2.24, 2.45) is 0 Å². The molecular formula is C16H25ClN4O2. The molecule has 1 saturated heterocycles. The van der Waals surface area contributed by atoms with Gasteiger partial charge in [0.05, 0.1) is 17.7 Å². The number of nitrogens with zero attached hydrogens (tertiary/aromatic N) is 3. The molecule has 0 aromatic carbocycles. The summed E-state index contributed by atoms with van der Waals surface area (Å²) in [6.45, 7) is 8.48. The lowest BCUT2D eigenvalue weighted by Crippen LogP contribution is -2.57. The molecule has 128 valence electrons. The molecule has 1 aromatic rings. The number of piperazine rings is 1. The number of anilines is 1. The largest absolute Gasteiger partial charge is 0.383 e. The Bertz CT molecular complexity index is 511. The number of rotatable bonds is 6. The van der Waals surface area contributed by atoms with E-state index in [0.29, 0.717) is 16.9 Å². The van der Waals surface area contributed by atoms with Gasteiger partial charge in [-0.05, 0) is 26.0 Å². The van der Waals surface area contributed by atoms with Gasteiger partial charge in [-0.1, -0.05) is 11.6 Å². The molecule has 1 aliphatic heterocycles. The summed E-state index contributed by atoms with van der Waals surface area (Å²) in [7, 11) is 1.72. The Morgan fingerprint density at radius 2 is 2.30 bits per heavy atom. The number of hydrogen-bond donors (Lipinski definition) is 1. The Kier molecular flexibility index (Phi) is 6.77. The Balaban J connectivity index is 1.86. The first-order valence-corrected chi connectivity index (χ1v) is 8.28. The number of carbonyl (C=O) groups is 1. The summed E-state index contributed by atoms with van der Waals surface area (Å²) >= 11 is 5.80. The highest BCUT2D eigenvalue weighted by Gasteiger charge is 2.29. The van der Waals surface area contributed by atoms with Gasteiger partial charge in [0.1, 0.15) is 5.82 Å². The minimum Gasteiger partial charge on any atom is -0.383 e. The zero-order valence-corrected chi connectivity index (χ0v) is 14.7. The summed E-state index contributed by atoms with van der Waals surface area (Å²) in [5.74, 6) is 0.482. The molecule has 0 aliphatic carbocycles. The van der Waals surface area contributed by atoms with Gasteiger partial charge in [-0.15, -0.1) is 0 Å². The zero-order valence-electron chi connectivity index (χ0n) is 14.0. The molecule has 1 aliphatic rings. The molecule has 0 saturated carbocycles. The van der Waals surface area contributed by atoms with E-state index in [1.807, 2.05) is 6.92 Å². The molecule has 0 bridgehead atoms. The van der Waals surface area contributed by atoms with Gasteiger partial charge in [0.15, 0.2) is 0 Å². The average Bonchev–Trinajstić information content (AvgIpc) is 2.55. The fourth-order valence-corrected chi connectivity index (χ4v) is 2.87. The number of pyridine rings is 1. The molecule has 1 fully saturated rings. The van der Waals surface area contributed by atoms with Crippen LogP contribution in [-0.4, -0.2) is 72.7 Å². The van der Waals surface area contributed by atoms with Gasteiger partial charge >= 0.3 is 0 Å². The Morgan fingerprint density at radius 1 is 1.52 bits per heavy atom. The first-order valence-electron chi connectivity index (χ1n) is 7.90. The fourth-order valence-electron chi connectivity index (χ4n) is 2.76. The topological polar surface area (TPSA) is 57.7 Å². The second kappa shape index (κ2) is 8.59. The van der Waals surface area contributed by atoms with E-state index in [1.165, 1.54) is 6.20 Å². The summed E-state index contributed by atoms with van der Waals surface area (Å²) in [4.78, 5) is 21.1. The minimum absolute atomic E-state index is 0.0441. The van der Waals surface area contributed by atoms with Gasteiger partial charge in [-0.2, -0.15) is 0 Å². The average molecular weight is 341 g/mol. The van der Waals surface area contributed by atoms with Crippen molar-refractivity contribution in [3.63, 3.8) is 0 Å². The van der Waals surface area contributed by atoms with E-state index in [2.05, 4.69) is 27.0 Å². The van der Waals surface area contributed by atoms with Crippen LogP contribution in [0, 0.1) is 0 Å². The summed E-state index contributed by atoms with van der Waals surface area (Å²) in [5.41, 5.74) is 0. The molecule has 2 rings (SSSR count). The van der Waals surface area contributed by atoms with Crippen LogP contribution >= 0.6 is 11.6 Å². The predicted octanol–water partition coefficient (Wildman–Crippen LogP) is 1.71. The van der Waals surface area contributed by atoms with Gasteiger partial charge in [-0.3, -0.25) is 14.6 Å². The number of hydrogen-bond acceptors (Lipinski definition) is 5. The molecule has 2 heterocycles. The van der Waals surface area contributed by atoms with Crippen molar-refractivity contribution in [1.29, 1.82) is 0 Å². The number of methoxy groups -OCH3 is 1. The number of carbonyl (C=O) groups excluding carboxylic acids is 1. The van der Waals surface area contributed by atoms with Crippen LogP contribution in [-0.2, 0) is 9.53 Å². The van der Waals surface area contributed by atoms with Gasteiger partial charge < -0.3 is 10.1 Å². The van der Waals surface area contributed by atoms with Crippen molar-refractivity contribution in [3.8, 4) is 0 Å². The highest BCUT2D eigenvalue weighted by Crippen LogP contribution is 2.14. The van der Waals surface area contributed by atoms with Crippen LogP contribution in [0.3, 0.4) is 0 Å². The highest BCUT2D eigenvalue weighted by molar-refractivity contribution is 6.30. The minimum atomic E-state index is -0.195. The zero-order chi connectivity index (χ0) is 16.8. The summed E-state index contributed by atoms with van der Waals surface area (Å²) in [6.07, 6.45) is 1.53. The maximum atomic E-state index is 12.4. The quantitative estimate of drug-likeness (QED) is 0.854. The maximum absolute atomic E-state index is 12.4. The predicted molar refractivity (Wildman–Crippen MR) is 91.8 cm³/mol. The molecular weight excluding hydrogens is 316 g/mol. The third-order valence-corrected chi connectivity index (χ3v) is 4.51. The summed E-state index contributed by atoms with van der Waals surface area (Å²) < 4.78 is 5.14. The molecule has 0 unspecified atom stereocenters. The number of ether oxygens (including phenoxy) is 1. The fraction of sp³-hybridized carbons (Fsp3) is 0.625. The van der Waals surface area contributed by atoms with Crippen LogP contribution in [0.2, 0.25) is 5.02 Å². The van der Waals surface area contributed by atoms with Crippen LogP contribution in [0.1, 0.15) is 13.8 Å². The lowest BCUT2D eigenvalue weighted by Gasteiger charge is -2.41. The SMILES string of the molecule is COCCN1CCN([C@@H](C)C(=O)Nc2ccc(Cl)cn2)C[C@@H]1C. The van der Waals surface area contributed by atoms with E-state index in [9.17, 15) is 4.79 Å². The molecule has 1 N–H and O–H groups in total. The summed E-state index contributed by atoms with van der Waals surface area (Å²) in [5, 5.41) is 3.40. The molecule has 7 heteroatoms. The van der Waals surface area contributed by atoms with Crippen LogP contribution in [0.25, 0.3) is 0 Å². The van der Waals surface area contributed by atoms with Crippen LogP contribution < -0.4 is 5.32 Å².